The first-order valence-electron chi connectivity index (χ1n) is 7.33. The van der Waals surface area contributed by atoms with Crippen LogP contribution < -0.4 is 4.90 Å². The van der Waals surface area contributed by atoms with Crippen molar-refractivity contribution in [3.05, 3.63) is 24.3 Å². The predicted octanol–water partition coefficient (Wildman–Crippen LogP) is 0.784. The number of imidazole rings is 1. The van der Waals surface area contributed by atoms with E-state index in [0.29, 0.717) is 19.7 Å². The van der Waals surface area contributed by atoms with Crippen LogP contribution in [-0.2, 0) is 9.53 Å². The number of aromatic nitrogens is 2. The molecule has 22 heavy (non-hydrogen) atoms. The van der Waals surface area contributed by atoms with E-state index >= 15 is 0 Å². The molecule has 1 aromatic carbocycles. The van der Waals surface area contributed by atoms with Gasteiger partial charge in [-0.15, -0.1) is 0 Å². The number of anilines is 1. The molecule has 1 aliphatic rings. The Kier molecular flexibility index (Phi) is 4.26. The third kappa shape index (κ3) is 3.37. The summed E-state index contributed by atoms with van der Waals surface area (Å²) in [6.07, 6.45) is -0.0219. The number of ether oxygens (including phenoxy) is 1. The maximum absolute atomic E-state index is 10.7. The Labute approximate surface area is 128 Å². The molecule has 0 radical (unpaired) electrons. The fraction of sp³-hybridized carbons (Fsp3) is 0.467. The van der Waals surface area contributed by atoms with Gasteiger partial charge in [-0.05, 0) is 19.2 Å². The van der Waals surface area contributed by atoms with Crippen molar-refractivity contribution in [1.29, 1.82) is 0 Å². The van der Waals surface area contributed by atoms with Gasteiger partial charge in [-0.2, -0.15) is 0 Å². The predicted molar refractivity (Wildman–Crippen MR) is 83.2 cm³/mol. The quantitative estimate of drug-likeness (QED) is 0.850. The van der Waals surface area contributed by atoms with Gasteiger partial charge < -0.3 is 19.7 Å². The fourth-order valence-corrected chi connectivity index (χ4v) is 2.75. The van der Waals surface area contributed by atoms with E-state index in [4.69, 9.17) is 9.84 Å². The number of benzene rings is 1. The van der Waals surface area contributed by atoms with Crippen LogP contribution in [0.2, 0.25) is 0 Å². The molecule has 3 rings (SSSR count). The molecule has 1 saturated heterocycles. The van der Waals surface area contributed by atoms with Crippen molar-refractivity contribution in [1.82, 2.24) is 14.9 Å². The summed E-state index contributed by atoms with van der Waals surface area (Å²) in [4.78, 5) is 22.6. The maximum Gasteiger partial charge on any atom is 0.317 e. The average Bonchev–Trinajstić information content (AvgIpc) is 2.90. The van der Waals surface area contributed by atoms with E-state index in [1.807, 2.05) is 24.3 Å². The number of rotatable bonds is 5. The number of carboxylic acids is 1. The molecule has 2 N–H and O–H groups in total. The van der Waals surface area contributed by atoms with Gasteiger partial charge in [0.2, 0.25) is 5.95 Å². The lowest BCUT2D eigenvalue weighted by molar-refractivity contribution is -0.138. The smallest absolute Gasteiger partial charge is 0.317 e. The molecular formula is C15H20N4O3. The van der Waals surface area contributed by atoms with Gasteiger partial charge >= 0.3 is 5.97 Å². The van der Waals surface area contributed by atoms with Gasteiger partial charge in [0.1, 0.15) is 0 Å². The zero-order valence-electron chi connectivity index (χ0n) is 12.5. The molecule has 1 fully saturated rings. The third-order valence-electron chi connectivity index (χ3n) is 3.74. The summed E-state index contributed by atoms with van der Waals surface area (Å²) in [5, 5.41) is 8.82. The van der Waals surface area contributed by atoms with Crippen molar-refractivity contribution in [3.63, 3.8) is 0 Å². The van der Waals surface area contributed by atoms with Crippen molar-refractivity contribution in [2.24, 2.45) is 0 Å². The number of H-pyrrole nitrogens is 1. The van der Waals surface area contributed by atoms with E-state index in [2.05, 4.69) is 14.9 Å². The summed E-state index contributed by atoms with van der Waals surface area (Å²) < 4.78 is 5.74. The Bertz CT molecular complexity index is 624. The highest BCUT2D eigenvalue weighted by Gasteiger charge is 2.24. The van der Waals surface area contributed by atoms with Crippen LogP contribution in [0.4, 0.5) is 5.95 Å². The minimum Gasteiger partial charge on any atom is -0.480 e. The van der Waals surface area contributed by atoms with Gasteiger partial charge in [0.25, 0.3) is 0 Å². The molecule has 2 aromatic rings. The number of fused-ring (bicyclic) bond motifs is 1. The van der Waals surface area contributed by atoms with Crippen molar-refractivity contribution >= 4 is 23.0 Å². The summed E-state index contributed by atoms with van der Waals surface area (Å²) in [6, 6.07) is 7.93. The minimum atomic E-state index is -0.826. The molecule has 1 unspecified atom stereocenters. The molecule has 1 atom stereocenters. The van der Waals surface area contributed by atoms with Gasteiger partial charge in [-0.1, -0.05) is 12.1 Å². The standard InChI is InChI=1S/C15H20N4O3/c1-18(10-14(20)21)8-11-9-19(6-7-22-11)15-16-12-4-2-3-5-13(12)17-15/h2-5,11H,6-10H2,1H3,(H,16,17)(H,20,21). The lowest BCUT2D eigenvalue weighted by Gasteiger charge is -2.34. The monoisotopic (exact) mass is 304 g/mol. The second kappa shape index (κ2) is 6.33. The van der Waals surface area contributed by atoms with Crippen molar-refractivity contribution in [3.8, 4) is 0 Å². The van der Waals surface area contributed by atoms with Crippen LogP contribution in [-0.4, -0.2) is 71.9 Å². The van der Waals surface area contributed by atoms with Crippen LogP contribution in [0.1, 0.15) is 0 Å². The third-order valence-corrected chi connectivity index (χ3v) is 3.74. The SMILES string of the molecule is CN(CC(=O)O)CC1CN(c2nc3ccccc3[nH]2)CCO1. The summed E-state index contributed by atoms with van der Waals surface area (Å²) in [5.41, 5.74) is 1.96. The number of aliphatic carboxylic acids is 1. The van der Waals surface area contributed by atoms with Crippen LogP contribution in [0.5, 0.6) is 0 Å². The summed E-state index contributed by atoms with van der Waals surface area (Å²) in [7, 11) is 1.79. The second-order valence-corrected chi connectivity index (χ2v) is 5.61. The molecule has 0 bridgehead atoms. The summed E-state index contributed by atoms with van der Waals surface area (Å²) in [6.45, 7) is 2.69. The minimum absolute atomic E-state index is 0.0184. The van der Waals surface area contributed by atoms with Gasteiger partial charge in [0, 0.05) is 19.6 Å². The Balaban J connectivity index is 1.66. The van der Waals surface area contributed by atoms with Crippen LogP contribution >= 0.6 is 0 Å². The number of carbonyl (C=O) groups is 1. The largest absolute Gasteiger partial charge is 0.480 e. The highest BCUT2D eigenvalue weighted by molar-refractivity contribution is 5.77. The molecule has 7 heteroatoms. The highest BCUT2D eigenvalue weighted by Crippen LogP contribution is 2.19. The molecule has 7 nitrogen and oxygen atoms in total. The Hall–Kier alpha value is -2.12. The molecular weight excluding hydrogens is 284 g/mol. The number of morpholine rings is 1. The summed E-state index contributed by atoms with van der Waals surface area (Å²) >= 11 is 0. The molecule has 118 valence electrons. The number of likely N-dealkylation sites (N-methyl/N-ethyl adjacent to an activating group) is 1. The number of hydrogen-bond donors (Lipinski definition) is 2. The molecule has 1 aliphatic heterocycles. The average molecular weight is 304 g/mol. The fourth-order valence-electron chi connectivity index (χ4n) is 2.75. The molecule has 1 aromatic heterocycles. The topological polar surface area (TPSA) is 81.7 Å². The van der Waals surface area contributed by atoms with Gasteiger partial charge in [0.15, 0.2) is 0 Å². The van der Waals surface area contributed by atoms with Crippen LogP contribution in [0.25, 0.3) is 11.0 Å². The first-order valence-corrected chi connectivity index (χ1v) is 7.33. The molecule has 2 heterocycles. The number of hydrogen-bond acceptors (Lipinski definition) is 5. The Morgan fingerprint density at radius 3 is 3.14 bits per heavy atom. The van der Waals surface area contributed by atoms with Crippen molar-refractivity contribution in [2.75, 3.05) is 44.7 Å². The van der Waals surface area contributed by atoms with Crippen LogP contribution in [0.3, 0.4) is 0 Å². The van der Waals surface area contributed by atoms with Gasteiger partial charge in [0.05, 0.1) is 30.3 Å². The number of aromatic amines is 1. The zero-order valence-corrected chi connectivity index (χ0v) is 12.5. The number of nitrogens with one attached hydrogen (secondary N) is 1. The van der Waals surface area contributed by atoms with Crippen LogP contribution in [0, 0.1) is 0 Å². The Morgan fingerprint density at radius 2 is 2.36 bits per heavy atom. The van der Waals surface area contributed by atoms with E-state index in [1.165, 1.54) is 0 Å². The first kappa shape index (κ1) is 14.8. The summed E-state index contributed by atoms with van der Waals surface area (Å²) in [5.74, 6) is 0.0165. The van der Waals surface area contributed by atoms with E-state index in [1.54, 1.807) is 11.9 Å². The molecule has 0 spiro atoms. The highest BCUT2D eigenvalue weighted by atomic mass is 16.5. The molecule has 0 aliphatic carbocycles. The number of para-hydroxylation sites is 2. The van der Waals surface area contributed by atoms with E-state index in [-0.39, 0.29) is 12.6 Å². The van der Waals surface area contributed by atoms with E-state index in [0.717, 1.165) is 23.5 Å². The first-order chi connectivity index (χ1) is 10.6. The maximum atomic E-state index is 10.7. The van der Waals surface area contributed by atoms with Gasteiger partial charge in [-0.25, -0.2) is 4.98 Å². The number of nitrogens with zero attached hydrogens (tertiary/aromatic N) is 3. The number of carboxylic acid groups (broad SMARTS) is 1. The normalized spacial score (nSPS) is 19.0. The molecule has 0 amide bonds. The van der Waals surface area contributed by atoms with Gasteiger partial charge in [-0.3, -0.25) is 9.69 Å². The Morgan fingerprint density at radius 1 is 1.55 bits per heavy atom. The van der Waals surface area contributed by atoms with E-state index in [9.17, 15) is 4.79 Å². The van der Waals surface area contributed by atoms with Crippen molar-refractivity contribution in [2.45, 2.75) is 6.10 Å². The van der Waals surface area contributed by atoms with Crippen LogP contribution in [0.15, 0.2) is 24.3 Å². The second-order valence-electron chi connectivity index (χ2n) is 5.61. The lowest BCUT2D eigenvalue weighted by atomic mass is 10.2. The van der Waals surface area contributed by atoms with E-state index < -0.39 is 5.97 Å². The van der Waals surface area contributed by atoms with Crippen molar-refractivity contribution < 1.29 is 14.6 Å². The molecule has 0 saturated carbocycles. The lowest BCUT2D eigenvalue weighted by Crippen LogP contribution is -2.48. The zero-order chi connectivity index (χ0) is 15.5.